The molecule has 0 radical (unpaired) electrons. The Bertz CT molecular complexity index is 422. The molecule has 1 aliphatic rings. The average Bonchev–Trinajstić information content (AvgIpc) is 2.53. The van der Waals surface area contributed by atoms with Crippen molar-refractivity contribution in [1.82, 2.24) is 4.90 Å². The van der Waals surface area contributed by atoms with E-state index >= 15 is 0 Å². The molecule has 0 spiro atoms. The maximum Gasteiger partial charge on any atom is 0.316 e. The van der Waals surface area contributed by atoms with Gasteiger partial charge >= 0.3 is 5.97 Å². The molecule has 3 nitrogen and oxygen atoms in total. The number of unbranched alkanes of at least 4 members (excludes halogenated alkanes) is 1. The second-order valence-electron chi connectivity index (χ2n) is 5.63. The average molecular weight is 275 g/mol. The first kappa shape index (κ1) is 15.0. The molecule has 0 amide bonds. The zero-order chi connectivity index (χ0) is 14.4. The summed E-state index contributed by atoms with van der Waals surface area (Å²) in [6, 6.07) is 10.1. The van der Waals surface area contributed by atoms with Crippen LogP contribution >= 0.6 is 0 Å². The first-order chi connectivity index (χ1) is 9.73. The van der Waals surface area contributed by atoms with E-state index in [2.05, 4.69) is 24.0 Å². The fourth-order valence-electron chi connectivity index (χ4n) is 3.10. The van der Waals surface area contributed by atoms with Gasteiger partial charge in [0.05, 0.1) is 12.5 Å². The smallest absolute Gasteiger partial charge is 0.316 e. The monoisotopic (exact) mass is 275 g/mol. The van der Waals surface area contributed by atoms with Crippen LogP contribution < -0.4 is 0 Å². The predicted molar refractivity (Wildman–Crippen MR) is 80.7 cm³/mol. The van der Waals surface area contributed by atoms with E-state index in [1.54, 1.807) is 0 Å². The van der Waals surface area contributed by atoms with Gasteiger partial charge in [0.1, 0.15) is 0 Å². The number of hydrogen-bond acceptors (Lipinski definition) is 3. The van der Waals surface area contributed by atoms with Gasteiger partial charge in [-0.1, -0.05) is 43.7 Å². The van der Waals surface area contributed by atoms with Crippen molar-refractivity contribution in [3.05, 3.63) is 35.9 Å². The van der Waals surface area contributed by atoms with Gasteiger partial charge in [0.15, 0.2) is 0 Å². The molecule has 1 aromatic rings. The van der Waals surface area contributed by atoms with Crippen LogP contribution in [0.25, 0.3) is 0 Å². The molecule has 1 fully saturated rings. The molecule has 110 valence electrons. The number of carbonyl (C=O) groups excluding carboxylic acids is 1. The minimum absolute atomic E-state index is 0.0844. The summed E-state index contributed by atoms with van der Waals surface area (Å²) in [6.07, 6.45) is 4.16. The van der Waals surface area contributed by atoms with Crippen LogP contribution in [-0.2, 0) is 14.9 Å². The maximum atomic E-state index is 12.4. The fourth-order valence-corrected chi connectivity index (χ4v) is 3.10. The summed E-state index contributed by atoms with van der Waals surface area (Å²) in [5, 5.41) is 0. The number of hydrogen-bond donors (Lipinski definition) is 0. The number of piperidine rings is 1. The van der Waals surface area contributed by atoms with Crippen molar-refractivity contribution in [2.45, 2.75) is 38.0 Å². The molecule has 1 aliphatic heterocycles. The highest BCUT2D eigenvalue weighted by molar-refractivity contribution is 5.83. The lowest BCUT2D eigenvalue weighted by molar-refractivity contribution is -0.149. The van der Waals surface area contributed by atoms with Gasteiger partial charge in [-0.05, 0) is 44.5 Å². The number of likely N-dealkylation sites (tertiary alicyclic amines) is 1. The highest BCUT2D eigenvalue weighted by atomic mass is 16.5. The van der Waals surface area contributed by atoms with E-state index in [0.29, 0.717) is 0 Å². The van der Waals surface area contributed by atoms with Crippen LogP contribution in [0.15, 0.2) is 30.3 Å². The van der Waals surface area contributed by atoms with E-state index in [9.17, 15) is 4.79 Å². The third-order valence-corrected chi connectivity index (χ3v) is 4.44. The van der Waals surface area contributed by atoms with Crippen molar-refractivity contribution in [2.24, 2.45) is 0 Å². The Labute approximate surface area is 121 Å². The summed E-state index contributed by atoms with van der Waals surface area (Å²) in [4.78, 5) is 14.8. The highest BCUT2D eigenvalue weighted by Gasteiger charge is 2.43. The molecular weight excluding hydrogens is 250 g/mol. The lowest BCUT2D eigenvalue weighted by Gasteiger charge is -2.40. The number of benzene rings is 1. The van der Waals surface area contributed by atoms with Crippen molar-refractivity contribution in [3.63, 3.8) is 0 Å². The normalized spacial score (nSPS) is 18.7. The summed E-state index contributed by atoms with van der Waals surface area (Å²) < 4.78 is 5.11. The summed E-state index contributed by atoms with van der Waals surface area (Å²) in [7, 11) is 1.50. The number of carbonyl (C=O) groups is 1. The Balaban J connectivity index is 2.14. The second kappa shape index (κ2) is 6.89. The van der Waals surface area contributed by atoms with E-state index in [4.69, 9.17) is 4.74 Å². The van der Waals surface area contributed by atoms with Crippen LogP contribution in [-0.4, -0.2) is 37.6 Å². The number of ether oxygens (including phenoxy) is 1. The van der Waals surface area contributed by atoms with Gasteiger partial charge in [-0.25, -0.2) is 0 Å². The molecule has 0 saturated carbocycles. The SMILES string of the molecule is CCCCN1CCC(C(=O)OC)(c2ccccc2)CC1. The van der Waals surface area contributed by atoms with E-state index < -0.39 is 5.41 Å². The first-order valence-electron chi connectivity index (χ1n) is 7.59. The third-order valence-electron chi connectivity index (χ3n) is 4.44. The minimum Gasteiger partial charge on any atom is -0.468 e. The third kappa shape index (κ3) is 3.04. The van der Waals surface area contributed by atoms with Crippen molar-refractivity contribution < 1.29 is 9.53 Å². The summed E-state index contributed by atoms with van der Waals surface area (Å²) in [5.74, 6) is -0.0844. The zero-order valence-corrected chi connectivity index (χ0v) is 12.6. The molecule has 1 aromatic carbocycles. The second-order valence-corrected chi connectivity index (χ2v) is 5.63. The molecule has 1 heterocycles. The topological polar surface area (TPSA) is 29.5 Å². The van der Waals surface area contributed by atoms with E-state index in [1.165, 1.54) is 20.0 Å². The van der Waals surface area contributed by atoms with Crippen molar-refractivity contribution in [2.75, 3.05) is 26.7 Å². The first-order valence-corrected chi connectivity index (χ1v) is 7.59. The Morgan fingerprint density at radius 1 is 1.25 bits per heavy atom. The molecule has 0 aromatic heterocycles. The number of rotatable bonds is 5. The quantitative estimate of drug-likeness (QED) is 0.774. The van der Waals surface area contributed by atoms with Crippen LogP contribution in [0.2, 0.25) is 0 Å². The summed E-state index contributed by atoms with van der Waals surface area (Å²) in [6.45, 7) is 5.31. The molecular formula is C17H25NO2. The van der Waals surface area contributed by atoms with Gasteiger partial charge < -0.3 is 9.64 Å². The van der Waals surface area contributed by atoms with Crippen LogP contribution in [0.1, 0.15) is 38.2 Å². The lowest BCUT2D eigenvalue weighted by atomic mass is 9.72. The Kier molecular flexibility index (Phi) is 5.18. The van der Waals surface area contributed by atoms with Gasteiger partial charge in [-0.2, -0.15) is 0 Å². The Hall–Kier alpha value is -1.35. The molecule has 0 N–H and O–H groups in total. The Morgan fingerprint density at radius 2 is 1.90 bits per heavy atom. The minimum atomic E-state index is -0.446. The van der Waals surface area contributed by atoms with Gasteiger partial charge in [-0.3, -0.25) is 4.79 Å². The van der Waals surface area contributed by atoms with Crippen LogP contribution in [0, 0.1) is 0 Å². The molecule has 0 bridgehead atoms. The molecule has 2 rings (SSSR count). The zero-order valence-electron chi connectivity index (χ0n) is 12.6. The van der Waals surface area contributed by atoms with Crippen molar-refractivity contribution in [1.29, 1.82) is 0 Å². The summed E-state index contributed by atoms with van der Waals surface area (Å²) >= 11 is 0. The highest BCUT2D eigenvalue weighted by Crippen LogP contribution is 2.36. The molecule has 0 aliphatic carbocycles. The van der Waals surface area contributed by atoms with Crippen LogP contribution in [0.5, 0.6) is 0 Å². The number of methoxy groups -OCH3 is 1. The number of esters is 1. The predicted octanol–water partition coefficient (Wildman–Crippen LogP) is 2.99. The van der Waals surface area contributed by atoms with Gasteiger partial charge in [0, 0.05) is 0 Å². The fraction of sp³-hybridized carbons (Fsp3) is 0.588. The van der Waals surface area contributed by atoms with Gasteiger partial charge in [0.2, 0.25) is 0 Å². The molecule has 3 heteroatoms. The van der Waals surface area contributed by atoms with Crippen LogP contribution in [0.4, 0.5) is 0 Å². The molecule has 20 heavy (non-hydrogen) atoms. The van der Waals surface area contributed by atoms with Crippen molar-refractivity contribution in [3.8, 4) is 0 Å². The molecule has 0 unspecified atom stereocenters. The van der Waals surface area contributed by atoms with Crippen molar-refractivity contribution >= 4 is 5.97 Å². The number of nitrogens with zero attached hydrogens (tertiary/aromatic N) is 1. The molecule has 0 atom stereocenters. The van der Waals surface area contributed by atoms with Gasteiger partial charge in [-0.15, -0.1) is 0 Å². The lowest BCUT2D eigenvalue weighted by Crippen LogP contribution is -2.48. The maximum absolute atomic E-state index is 12.4. The van der Waals surface area contributed by atoms with Gasteiger partial charge in [0.25, 0.3) is 0 Å². The van der Waals surface area contributed by atoms with E-state index in [0.717, 1.165) is 38.0 Å². The largest absolute Gasteiger partial charge is 0.468 e. The molecule has 1 saturated heterocycles. The Morgan fingerprint density at radius 3 is 2.45 bits per heavy atom. The van der Waals surface area contributed by atoms with Crippen LogP contribution in [0.3, 0.4) is 0 Å². The summed E-state index contributed by atoms with van der Waals surface area (Å²) in [5.41, 5.74) is 0.653. The standard InChI is InChI=1S/C17H25NO2/c1-3-4-12-18-13-10-17(11-14-18,16(19)20-2)15-8-6-5-7-9-15/h5-9H,3-4,10-14H2,1-2H3. The van der Waals surface area contributed by atoms with E-state index in [1.807, 2.05) is 18.2 Å². The van der Waals surface area contributed by atoms with E-state index in [-0.39, 0.29) is 5.97 Å².